The SMILES string of the molecule is COc1ccc(-c2nc(CC(=O)Nc3ccc(-c4ccccc4)cc3)cs2)cc1OC. The molecule has 0 atom stereocenters. The number of nitrogens with zero attached hydrogens (tertiary/aromatic N) is 1. The van der Waals surface area contributed by atoms with Gasteiger partial charge in [0.2, 0.25) is 5.91 Å². The lowest BCUT2D eigenvalue weighted by Gasteiger charge is -2.08. The number of carbonyl (C=O) groups excluding carboxylic acids is 1. The van der Waals surface area contributed by atoms with Crippen LogP contribution in [0.3, 0.4) is 0 Å². The zero-order valence-corrected chi connectivity index (χ0v) is 18.1. The van der Waals surface area contributed by atoms with Gasteiger partial charge in [0.15, 0.2) is 11.5 Å². The summed E-state index contributed by atoms with van der Waals surface area (Å²) in [6.07, 6.45) is 0.213. The Morgan fingerprint density at radius 2 is 1.55 bits per heavy atom. The van der Waals surface area contributed by atoms with E-state index < -0.39 is 0 Å². The van der Waals surface area contributed by atoms with Crippen LogP contribution in [0.1, 0.15) is 5.69 Å². The first-order valence-corrected chi connectivity index (χ1v) is 10.7. The fourth-order valence-corrected chi connectivity index (χ4v) is 4.05. The molecule has 0 saturated carbocycles. The number of methoxy groups -OCH3 is 2. The van der Waals surface area contributed by atoms with Gasteiger partial charge >= 0.3 is 0 Å². The van der Waals surface area contributed by atoms with Crippen LogP contribution in [0.15, 0.2) is 78.2 Å². The van der Waals surface area contributed by atoms with Crippen molar-refractivity contribution in [3.8, 4) is 33.2 Å². The highest BCUT2D eigenvalue weighted by atomic mass is 32.1. The second-order valence-electron chi connectivity index (χ2n) is 6.88. The first-order valence-electron chi connectivity index (χ1n) is 9.78. The molecule has 0 spiro atoms. The van der Waals surface area contributed by atoms with Crippen LogP contribution < -0.4 is 14.8 Å². The van der Waals surface area contributed by atoms with E-state index in [4.69, 9.17) is 9.47 Å². The average Bonchev–Trinajstić information content (AvgIpc) is 3.28. The minimum atomic E-state index is -0.100. The van der Waals surface area contributed by atoms with E-state index in [1.165, 1.54) is 11.3 Å². The van der Waals surface area contributed by atoms with Crippen LogP contribution in [-0.4, -0.2) is 25.1 Å². The number of carbonyl (C=O) groups is 1. The maximum Gasteiger partial charge on any atom is 0.230 e. The van der Waals surface area contributed by atoms with Crippen LogP contribution in [0.4, 0.5) is 5.69 Å². The van der Waals surface area contributed by atoms with Gasteiger partial charge in [-0.2, -0.15) is 0 Å². The second-order valence-corrected chi connectivity index (χ2v) is 7.74. The largest absolute Gasteiger partial charge is 0.493 e. The molecule has 0 aliphatic carbocycles. The molecule has 0 aliphatic heterocycles. The van der Waals surface area contributed by atoms with Crippen molar-refractivity contribution in [1.29, 1.82) is 0 Å². The van der Waals surface area contributed by atoms with E-state index in [1.54, 1.807) is 14.2 Å². The summed E-state index contributed by atoms with van der Waals surface area (Å²) in [5.74, 6) is 1.21. The Bertz CT molecular complexity index is 1170. The Morgan fingerprint density at radius 1 is 0.871 bits per heavy atom. The molecule has 1 aromatic heterocycles. The first-order chi connectivity index (χ1) is 15.2. The first kappa shape index (κ1) is 20.6. The van der Waals surface area contributed by atoms with Gasteiger partial charge in [-0.1, -0.05) is 42.5 Å². The number of nitrogens with one attached hydrogen (secondary N) is 1. The molecule has 0 radical (unpaired) electrons. The molecule has 1 heterocycles. The molecule has 3 aromatic carbocycles. The standard InChI is InChI=1S/C25H22N2O3S/c1-29-22-13-10-19(14-23(22)30-2)25-27-21(16-31-25)15-24(28)26-20-11-8-18(9-12-20)17-6-4-3-5-7-17/h3-14,16H,15H2,1-2H3,(H,26,28). The van der Waals surface area contributed by atoms with E-state index in [2.05, 4.69) is 22.4 Å². The molecule has 4 aromatic rings. The lowest BCUT2D eigenvalue weighted by molar-refractivity contribution is -0.115. The highest BCUT2D eigenvalue weighted by Crippen LogP contribution is 2.33. The summed E-state index contributed by atoms with van der Waals surface area (Å²) in [6, 6.07) is 23.6. The average molecular weight is 431 g/mol. The van der Waals surface area contributed by atoms with E-state index in [-0.39, 0.29) is 12.3 Å². The molecular formula is C25H22N2O3S. The number of amides is 1. The number of hydrogen-bond acceptors (Lipinski definition) is 5. The fourth-order valence-electron chi connectivity index (χ4n) is 3.24. The van der Waals surface area contributed by atoms with Crippen LogP contribution in [0.25, 0.3) is 21.7 Å². The van der Waals surface area contributed by atoms with Gasteiger partial charge in [-0.25, -0.2) is 4.98 Å². The minimum absolute atomic E-state index is 0.100. The van der Waals surface area contributed by atoms with Crippen LogP contribution in [-0.2, 0) is 11.2 Å². The van der Waals surface area contributed by atoms with Crippen molar-refractivity contribution in [3.05, 3.63) is 83.9 Å². The van der Waals surface area contributed by atoms with Gasteiger partial charge in [-0.05, 0) is 41.5 Å². The van der Waals surface area contributed by atoms with Crippen molar-refractivity contribution in [1.82, 2.24) is 4.98 Å². The molecule has 1 N–H and O–H groups in total. The zero-order chi connectivity index (χ0) is 21.6. The summed E-state index contributed by atoms with van der Waals surface area (Å²) in [5.41, 5.74) is 4.67. The van der Waals surface area contributed by atoms with Crippen molar-refractivity contribution in [2.75, 3.05) is 19.5 Å². The predicted molar refractivity (Wildman–Crippen MR) is 125 cm³/mol. The minimum Gasteiger partial charge on any atom is -0.493 e. The number of rotatable bonds is 7. The molecule has 31 heavy (non-hydrogen) atoms. The Hall–Kier alpha value is -3.64. The van der Waals surface area contributed by atoms with Crippen LogP contribution in [0.5, 0.6) is 11.5 Å². The summed E-state index contributed by atoms with van der Waals surface area (Å²) in [4.78, 5) is 17.1. The van der Waals surface area contributed by atoms with E-state index in [9.17, 15) is 4.79 Å². The number of anilines is 1. The van der Waals surface area contributed by atoms with Gasteiger partial charge < -0.3 is 14.8 Å². The van der Waals surface area contributed by atoms with Crippen molar-refractivity contribution in [2.45, 2.75) is 6.42 Å². The van der Waals surface area contributed by atoms with E-state index in [1.807, 2.05) is 66.0 Å². The monoisotopic (exact) mass is 430 g/mol. The molecule has 0 unspecified atom stereocenters. The number of thiazole rings is 1. The van der Waals surface area contributed by atoms with Gasteiger partial charge in [-0.3, -0.25) is 4.79 Å². The van der Waals surface area contributed by atoms with Gasteiger partial charge in [0, 0.05) is 16.6 Å². The van der Waals surface area contributed by atoms with Gasteiger partial charge in [0.05, 0.1) is 26.3 Å². The summed E-state index contributed by atoms with van der Waals surface area (Å²) in [5, 5.41) is 5.68. The fraction of sp³-hybridized carbons (Fsp3) is 0.120. The summed E-state index contributed by atoms with van der Waals surface area (Å²) < 4.78 is 10.6. The highest BCUT2D eigenvalue weighted by Gasteiger charge is 2.12. The predicted octanol–water partition coefficient (Wildman–Crippen LogP) is 5.68. The topological polar surface area (TPSA) is 60.5 Å². The van der Waals surface area contributed by atoms with Gasteiger partial charge in [0.1, 0.15) is 5.01 Å². The van der Waals surface area contributed by atoms with Crippen molar-refractivity contribution in [3.63, 3.8) is 0 Å². The number of hydrogen-bond donors (Lipinski definition) is 1. The maximum atomic E-state index is 12.5. The third-order valence-electron chi connectivity index (χ3n) is 4.80. The second kappa shape index (κ2) is 9.45. The summed E-state index contributed by atoms with van der Waals surface area (Å²) in [6.45, 7) is 0. The molecular weight excluding hydrogens is 408 g/mol. The molecule has 0 saturated heterocycles. The van der Waals surface area contributed by atoms with Gasteiger partial charge in [-0.15, -0.1) is 11.3 Å². The van der Waals surface area contributed by atoms with Crippen molar-refractivity contribution in [2.24, 2.45) is 0 Å². The molecule has 4 rings (SSSR count). The maximum absolute atomic E-state index is 12.5. The normalized spacial score (nSPS) is 10.5. The van der Waals surface area contributed by atoms with Crippen LogP contribution >= 0.6 is 11.3 Å². The Labute approximate surface area is 185 Å². The number of ether oxygens (including phenoxy) is 2. The number of benzene rings is 3. The summed E-state index contributed by atoms with van der Waals surface area (Å²) >= 11 is 1.50. The quantitative estimate of drug-likeness (QED) is 0.410. The highest BCUT2D eigenvalue weighted by molar-refractivity contribution is 7.13. The smallest absolute Gasteiger partial charge is 0.230 e. The van der Waals surface area contributed by atoms with Crippen molar-refractivity contribution < 1.29 is 14.3 Å². The Morgan fingerprint density at radius 3 is 2.26 bits per heavy atom. The molecule has 0 fully saturated rings. The third-order valence-corrected chi connectivity index (χ3v) is 5.74. The summed E-state index contributed by atoms with van der Waals surface area (Å²) in [7, 11) is 3.21. The Kier molecular flexibility index (Phi) is 6.29. The van der Waals surface area contributed by atoms with E-state index in [0.29, 0.717) is 11.5 Å². The van der Waals surface area contributed by atoms with Crippen molar-refractivity contribution >= 4 is 22.9 Å². The third kappa shape index (κ3) is 4.92. The Balaban J connectivity index is 1.40. The molecule has 1 amide bonds. The molecule has 156 valence electrons. The van der Waals surface area contributed by atoms with E-state index >= 15 is 0 Å². The lowest BCUT2D eigenvalue weighted by Crippen LogP contribution is -2.14. The zero-order valence-electron chi connectivity index (χ0n) is 17.3. The molecule has 0 aliphatic rings. The van der Waals surface area contributed by atoms with E-state index in [0.717, 1.165) is 33.1 Å². The van der Waals surface area contributed by atoms with Gasteiger partial charge in [0.25, 0.3) is 0 Å². The molecule has 5 nitrogen and oxygen atoms in total. The van der Waals surface area contributed by atoms with Crippen LogP contribution in [0, 0.1) is 0 Å². The van der Waals surface area contributed by atoms with Crippen LogP contribution in [0.2, 0.25) is 0 Å². The molecule has 0 bridgehead atoms. The molecule has 6 heteroatoms. The number of aromatic nitrogens is 1. The lowest BCUT2D eigenvalue weighted by atomic mass is 10.1.